The summed E-state index contributed by atoms with van der Waals surface area (Å²) >= 11 is 0. The van der Waals surface area contributed by atoms with Crippen LogP contribution in [0.1, 0.15) is 55.9 Å². The van der Waals surface area contributed by atoms with E-state index in [9.17, 15) is 9.59 Å². The Balaban J connectivity index is 1.51. The monoisotopic (exact) mass is 315 g/mol. The van der Waals surface area contributed by atoms with Crippen LogP contribution in [0.25, 0.3) is 0 Å². The minimum absolute atomic E-state index is 0.163. The molecule has 5 rings (SSSR count). The van der Waals surface area contributed by atoms with Gasteiger partial charge in [0.25, 0.3) is 11.5 Å². The molecule has 4 saturated carbocycles. The van der Waals surface area contributed by atoms with Crippen LogP contribution in [0.5, 0.6) is 0 Å². The molecule has 0 saturated heterocycles. The smallest absolute Gasteiger partial charge is 0.271 e. The predicted octanol–water partition coefficient (Wildman–Crippen LogP) is 2.11. The van der Waals surface area contributed by atoms with Crippen molar-refractivity contribution in [3.05, 3.63) is 28.2 Å². The van der Waals surface area contributed by atoms with E-state index in [4.69, 9.17) is 0 Å². The van der Waals surface area contributed by atoms with Crippen molar-refractivity contribution >= 4 is 5.91 Å². The largest absolute Gasteiger partial charge is 0.348 e. The highest BCUT2D eigenvalue weighted by Crippen LogP contribution is 2.61. The molecule has 5 heteroatoms. The molecule has 0 spiro atoms. The lowest BCUT2D eigenvalue weighted by atomic mass is 9.48. The van der Waals surface area contributed by atoms with Gasteiger partial charge in [-0.25, -0.2) is 4.68 Å². The van der Waals surface area contributed by atoms with Crippen molar-refractivity contribution < 1.29 is 4.79 Å². The molecule has 23 heavy (non-hydrogen) atoms. The number of aromatic nitrogens is 2. The van der Waals surface area contributed by atoms with E-state index in [1.54, 1.807) is 7.05 Å². The molecular formula is C18H25N3O2. The Morgan fingerprint density at radius 2 is 1.78 bits per heavy atom. The number of hydrogen-bond donors (Lipinski definition) is 1. The lowest BCUT2D eigenvalue weighted by molar-refractivity contribution is -0.0688. The topological polar surface area (TPSA) is 64.0 Å². The fraction of sp³-hybridized carbons (Fsp3) is 0.722. The Hall–Kier alpha value is -1.65. The number of rotatable bonds is 3. The van der Waals surface area contributed by atoms with E-state index in [1.165, 1.54) is 55.3 Å². The van der Waals surface area contributed by atoms with Crippen LogP contribution in [0.4, 0.5) is 0 Å². The molecule has 1 aromatic rings. The third-order valence-corrected chi connectivity index (χ3v) is 6.54. The molecule has 0 aliphatic heterocycles. The first kappa shape index (κ1) is 14.9. The van der Waals surface area contributed by atoms with Crippen molar-refractivity contribution in [2.45, 2.75) is 51.5 Å². The molecule has 1 atom stereocenters. The van der Waals surface area contributed by atoms with Crippen LogP contribution in [0, 0.1) is 23.2 Å². The number of aryl methyl sites for hydroxylation is 1. The summed E-state index contributed by atoms with van der Waals surface area (Å²) in [5.41, 5.74) is 0.407. The summed E-state index contributed by atoms with van der Waals surface area (Å²) in [6, 6.07) is 3.09. The van der Waals surface area contributed by atoms with Crippen molar-refractivity contribution in [2.24, 2.45) is 30.2 Å². The average Bonchev–Trinajstić information content (AvgIpc) is 2.48. The van der Waals surface area contributed by atoms with Crippen LogP contribution in [-0.2, 0) is 7.05 Å². The average molecular weight is 315 g/mol. The Bertz CT molecular complexity index is 658. The van der Waals surface area contributed by atoms with Crippen LogP contribution in [0.3, 0.4) is 0 Å². The van der Waals surface area contributed by atoms with Gasteiger partial charge in [0.1, 0.15) is 5.69 Å². The summed E-state index contributed by atoms with van der Waals surface area (Å²) in [7, 11) is 1.57. The van der Waals surface area contributed by atoms with Gasteiger partial charge in [-0.1, -0.05) is 0 Å². The second-order valence-corrected chi connectivity index (χ2v) is 8.16. The first-order valence-electron chi connectivity index (χ1n) is 8.80. The molecule has 1 heterocycles. The van der Waals surface area contributed by atoms with Gasteiger partial charge in [-0.2, -0.15) is 5.10 Å². The molecule has 4 fully saturated rings. The zero-order valence-electron chi connectivity index (χ0n) is 13.9. The lowest BCUT2D eigenvalue weighted by Crippen LogP contribution is -2.55. The quantitative estimate of drug-likeness (QED) is 0.929. The third kappa shape index (κ3) is 2.50. The highest BCUT2D eigenvalue weighted by molar-refractivity contribution is 5.92. The second kappa shape index (κ2) is 5.18. The highest BCUT2D eigenvalue weighted by atomic mass is 16.2. The number of carbonyl (C=O) groups is 1. The van der Waals surface area contributed by atoms with Crippen LogP contribution >= 0.6 is 0 Å². The zero-order chi connectivity index (χ0) is 16.2. The number of nitrogens with zero attached hydrogens (tertiary/aromatic N) is 2. The van der Waals surface area contributed by atoms with E-state index in [-0.39, 0.29) is 22.9 Å². The molecule has 0 aromatic carbocycles. The van der Waals surface area contributed by atoms with Gasteiger partial charge in [0.05, 0.1) is 0 Å². The Labute approximate surface area is 136 Å². The molecule has 1 amide bonds. The number of hydrogen-bond acceptors (Lipinski definition) is 3. The van der Waals surface area contributed by atoms with E-state index in [0.717, 1.165) is 17.8 Å². The molecule has 1 aromatic heterocycles. The molecule has 4 aliphatic rings. The fourth-order valence-electron chi connectivity index (χ4n) is 5.76. The maximum atomic E-state index is 12.5. The normalized spacial score (nSPS) is 36.0. The van der Waals surface area contributed by atoms with Crippen molar-refractivity contribution in [1.29, 1.82) is 0 Å². The summed E-state index contributed by atoms with van der Waals surface area (Å²) in [6.07, 6.45) is 8.01. The molecular weight excluding hydrogens is 290 g/mol. The van der Waals surface area contributed by atoms with Gasteiger partial charge in [-0.3, -0.25) is 9.59 Å². The van der Waals surface area contributed by atoms with E-state index >= 15 is 0 Å². The molecule has 0 radical (unpaired) electrons. The van der Waals surface area contributed by atoms with Crippen molar-refractivity contribution in [3.8, 4) is 0 Å². The van der Waals surface area contributed by atoms with E-state index in [2.05, 4.69) is 17.3 Å². The summed E-state index contributed by atoms with van der Waals surface area (Å²) in [5, 5.41) is 7.25. The molecule has 1 N–H and O–H groups in total. The predicted molar refractivity (Wildman–Crippen MR) is 87.0 cm³/mol. The van der Waals surface area contributed by atoms with E-state index in [0.29, 0.717) is 5.69 Å². The number of amides is 1. The van der Waals surface area contributed by atoms with Gasteiger partial charge in [-0.15, -0.1) is 0 Å². The van der Waals surface area contributed by atoms with Gasteiger partial charge in [0.2, 0.25) is 0 Å². The third-order valence-electron chi connectivity index (χ3n) is 6.54. The summed E-state index contributed by atoms with van der Waals surface area (Å²) in [5.74, 6) is 2.45. The Morgan fingerprint density at radius 1 is 1.22 bits per heavy atom. The van der Waals surface area contributed by atoms with Crippen molar-refractivity contribution in [1.82, 2.24) is 15.1 Å². The molecule has 124 valence electrons. The van der Waals surface area contributed by atoms with Crippen LogP contribution in [0.15, 0.2) is 16.9 Å². The minimum Gasteiger partial charge on any atom is -0.348 e. The van der Waals surface area contributed by atoms with E-state index < -0.39 is 0 Å². The molecule has 5 nitrogen and oxygen atoms in total. The Kier molecular flexibility index (Phi) is 3.36. The standard InChI is InChI=1S/C18H25N3O2/c1-11(19-17(23)15-3-4-16(22)21(2)20-15)18-8-12-5-13(9-18)7-14(6-12)10-18/h3-4,11-14H,5-10H2,1-2H3,(H,19,23)/t11-,12?,13?,14?,18?/m1/s1. The van der Waals surface area contributed by atoms with Crippen LogP contribution in [-0.4, -0.2) is 21.7 Å². The zero-order valence-corrected chi connectivity index (χ0v) is 13.9. The van der Waals surface area contributed by atoms with Gasteiger partial charge < -0.3 is 5.32 Å². The molecule has 4 bridgehead atoms. The van der Waals surface area contributed by atoms with Crippen molar-refractivity contribution in [3.63, 3.8) is 0 Å². The molecule has 0 unspecified atom stereocenters. The summed E-state index contributed by atoms with van der Waals surface area (Å²) in [6.45, 7) is 2.16. The van der Waals surface area contributed by atoms with Crippen LogP contribution in [0.2, 0.25) is 0 Å². The summed E-state index contributed by atoms with van der Waals surface area (Å²) < 4.78 is 1.21. The first-order valence-corrected chi connectivity index (χ1v) is 8.80. The number of carbonyl (C=O) groups excluding carboxylic acids is 1. The van der Waals surface area contributed by atoms with Crippen LogP contribution < -0.4 is 10.9 Å². The van der Waals surface area contributed by atoms with Gasteiger partial charge >= 0.3 is 0 Å². The van der Waals surface area contributed by atoms with Gasteiger partial charge in [0, 0.05) is 19.2 Å². The van der Waals surface area contributed by atoms with Crippen molar-refractivity contribution in [2.75, 3.05) is 0 Å². The molecule has 4 aliphatic carbocycles. The highest BCUT2D eigenvalue weighted by Gasteiger charge is 2.53. The second-order valence-electron chi connectivity index (χ2n) is 8.16. The lowest BCUT2D eigenvalue weighted by Gasteiger charge is -2.59. The maximum absolute atomic E-state index is 12.5. The fourth-order valence-corrected chi connectivity index (χ4v) is 5.76. The first-order chi connectivity index (χ1) is 10.9. The maximum Gasteiger partial charge on any atom is 0.271 e. The van der Waals surface area contributed by atoms with Gasteiger partial charge in [-0.05, 0) is 74.7 Å². The van der Waals surface area contributed by atoms with E-state index in [1.807, 2.05) is 0 Å². The Morgan fingerprint density at radius 3 is 2.30 bits per heavy atom. The van der Waals surface area contributed by atoms with Gasteiger partial charge in [0.15, 0.2) is 0 Å². The summed E-state index contributed by atoms with van der Waals surface area (Å²) in [4.78, 5) is 23.9. The number of nitrogens with one attached hydrogen (secondary N) is 1. The minimum atomic E-state index is -0.198. The SMILES string of the molecule is C[C@@H](NC(=O)c1ccc(=O)n(C)n1)C12CC3CC(CC(C3)C1)C2.